The molecule has 0 saturated heterocycles. The zero-order valence-electron chi connectivity index (χ0n) is 11.6. The molecule has 0 aliphatic carbocycles. The molecule has 0 unspecified atom stereocenters. The molecule has 23 heavy (non-hydrogen) atoms. The lowest BCUT2D eigenvalue weighted by Crippen LogP contribution is -2.12. The molecule has 0 radical (unpaired) electrons. The minimum atomic E-state index is -3.81. The fourth-order valence-electron chi connectivity index (χ4n) is 2.08. The predicted molar refractivity (Wildman–Crippen MR) is 83.2 cm³/mol. The van der Waals surface area contributed by atoms with Gasteiger partial charge in [0.25, 0.3) is 6.43 Å². The molecular formula is C14H11F2N3O2S2. The van der Waals surface area contributed by atoms with Gasteiger partial charge in [0.15, 0.2) is 0 Å². The summed E-state index contributed by atoms with van der Waals surface area (Å²) in [6.07, 6.45) is -2.70. The minimum absolute atomic E-state index is 0.0554. The Bertz CT molecular complexity index is 918. The molecule has 2 aromatic heterocycles. The Morgan fingerprint density at radius 3 is 2.39 bits per heavy atom. The van der Waals surface area contributed by atoms with E-state index in [1.165, 1.54) is 46.4 Å². The molecular weight excluding hydrogens is 344 g/mol. The predicted octanol–water partition coefficient (Wildman–Crippen LogP) is 3.19. The van der Waals surface area contributed by atoms with Crippen molar-refractivity contribution in [3.63, 3.8) is 0 Å². The van der Waals surface area contributed by atoms with Crippen LogP contribution in [0.3, 0.4) is 0 Å². The highest BCUT2D eigenvalue weighted by molar-refractivity contribution is 7.89. The molecule has 9 heteroatoms. The van der Waals surface area contributed by atoms with Crippen LogP contribution in [0.2, 0.25) is 0 Å². The fourth-order valence-corrected chi connectivity index (χ4v) is 3.32. The van der Waals surface area contributed by atoms with Crippen LogP contribution in [0.1, 0.15) is 12.1 Å². The maximum atomic E-state index is 13.0. The van der Waals surface area contributed by atoms with Crippen molar-refractivity contribution in [3.05, 3.63) is 53.5 Å². The van der Waals surface area contributed by atoms with Crippen LogP contribution in [0.4, 0.5) is 8.78 Å². The Morgan fingerprint density at radius 1 is 1.17 bits per heavy atom. The van der Waals surface area contributed by atoms with Gasteiger partial charge in [-0.05, 0) is 41.8 Å². The second-order valence-corrected chi connectivity index (χ2v) is 7.19. The van der Waals surface area contributed by atoms with Crippen LogP contribution < -0.4 is 5.14 Å². The number of sulfonamides is 1. The van der Waals surface area contributed by atoms with Crippen LogP contribution >= 0.6 is 11.3 Å². The molecule has 0 bridgehead atoms. The molecule has 2 N–H and O–H groups in total. The second kappa shape index (κ2) is 5.84. The first-order valence-corrected chi connectivity index (χ1v) is 8.84. The summed E-state index contributed by atoms with van der Waals surface area (Å²) in [6.45, 7) is 0. The van der Waals surface area contributed by atoms with Crippen molar-refractivity contribution in [3.8, 4) is 16.3 Å². The van der Waals surface area contributed by atoms with E-state index in [2.05, 4.69) is 5.10 Å². The van der Waals surface area contributed by atoms with Gasteiger partial charge in [0.05, 0.1) is 21.2 Å². The van der Waals surface area contributed by atoms with Crippen LogP contribution in [0.5, 0.6) is 0 Å². The molecule has 120 valence electrons. The summed E-state index contributed by atoms with van der Waals surface area (Å²) < 4.78 is 49.9. The highest BCUT2D eigenvalue weighted by Crippen LogP contribution is 2.31. The number of benzene rings is 1. The monoisotopic (exact) mass is 355 g/mol. The quantitative estimate of drug-likeness (QED) is 0.781. The van der Waals surface area contributed by atoms with Crippen LogP contribution in [0.25, 0.3) is 16.3 Å². The molecule has 0 amide bonds. The van der Waals surface area contributed by atoms with Gasteiger partial charge in [-0.3, -0.25) is 0 Å². The van der Waals surface area contributed by atoms with Crippen molar-refractivity contribution in [1.82, 2.24) is 9.78 Å². The topological polar surface area (TPSA) is 78.0 Å². The Balaban J connectivity index is 2.12. The maximum absolute atomic E-state index is 13.0. The van der Waals surface area contributed by atoms with Crippen molar-refractivity contribution in [2.75, 3.05) is 0 Å². The molecule has 0 saturated carbocycles. The van der Waals surface area contributed by atoms with Gasteiger partial charge in [0.1, 0.15) is 5.69 Å². The Morgan fingerprint density at radius 2 is 1.87 bits per heavy atom. The van der Waals surface area contributed by atoms with Crippen molar-refractivity contribution in [2.24, 2.45) is 5.14 Å². The molecule has 0 atom stereocenters. The van der Waals surface area contributed by atoms with E-state index in [1.807, 2.05) is 11.4 Å². The lowest BCUT2D eigenvalue weighted by Gasteiger charge is -2.07. The molecule has 3 aromatic rings. The zero-order valence-corrected chi connectivity index (χ0v) is 13.2. The number of hydrogen-bond donors (Lipinski definition) is 1. The largest absolute Gasteiger partial charge is 0.282 e. The van der Waals surface area contributed by atoms with E-state index in [4.69, 9.17) is 5.14 Å². The molecule has 3 rings (SSSR count). The van der Waals surface area contributed by atoms with E-state index in [-0.39, 0.29) is 10.6 Å². The highest BCUT2D eigenvalue weighted by Gasteiger charge is 2.18. The Hall–Kier alpha value is -2.10. The van der Waals surface area contributed by atoms with Gasteiger partial charge < -0.3 is 0 Å². The molecule has 0 aliphatic rings. The average molecular weight is 355 g/mol. The molecule has 1 aromatic carbocycles. The minimum Gasteiger partial charge on any atom is -0.232 e. The summed E-state index contributed by atoms with van der Waals surface area (Å²) in [5.41, 5.74) is 0.635. The van der Waals surface area contributed by atoms with E-state index in [0.717, 1.165) is 4.88 Å². The Kier molecular flexibility index (Phi) is 4.00. The normalized spacial score (nSPS) is 12.0. The molecule has 2 heterocycles. The number of alkyl halides is 2. The molecule has 0 spiro atoms. The zero-order chi connectivity index (χ0) is 16.6. The van der Waals surface area contributed by atoms with Gasteiger partial charge >= 0.3 is 0 Å². The van der Waals surface area contributed by atoms with Crippen LogP contribution in [-0.2, 0) is 10.0 Å². The van der Waals surface area contributed by atoms with Gasteiger partial charge in [0.2, 0.25) is 10.0 Å². The van der Waals surface area contributed by atoms with Gasteiger partial charge in [-0.25, -0.2) is 27.0 Å². The number of rotatable bonds is 4. The smallest absolute Gasteiger partial charge is 0.232 e. The molecule has 0 fully saturated rings. The Labute approximate surface area is 135 Å². The number of primary sulfonamides is 1. The van der Waals surface area contributed by atoms with Crippen molar-refractivity contribution < 1.29 is 17.2 Å². The highest BCUT2D eigenvalue weighted by atomic mass is 32.2. The van der Waals surface area contributed by atoms with Crippen molar-refractivity contribution in [2.45, 2.75) is 11.3 Å². The number of hydrogen-bond acceptors (Lipinski definition) is 4. The van der Waals surface area contributed by atoms with Gasteiger partial charge in [0, 0.05) is 0 Å². The number of thiophene rings is 1. The summed E-state index contributed by atoms with van der Waals surface area (Å²) in [6, 6.07) is 10.5. The van der Waals surface area contributed by atoms with Gasteiger partial charge in [-0.2, -0.15) is 5.10 Å². The third-order valence-electron chi connectivity index (χ3n) is 3.14. The van der Waals surface area contributed by atoms with E-state index in [1.54, 1.807) is 6.07 Å². The molecule has 0 aliphatic heterocycles. The average Bonchev–Trinajstić information content (AvgIpc) is 3.15. The first kappa shape index (κ1) is 15.8. The van der Waals surface area contributed by atoms with E-state index in [9.17, 15) is 17.2 Å². The fraction of sp³-hybridized carbons (Fsp3) is 0.0714. The third-order valence-corrected chi connectivity index (χ3v) is 4.96. The summed E-state index contributed by atoms with van der Waals surface area (Å²) >= 11 is 1.40. The van der Waals surface area contributed by atoms with Gasteiger partial charge in [-0.15, -0.1) is 11.3 Å². The number of halogens is 2. The lowest BCUT2D eigenvalue weighted by atomic mass is 10.3. The van der Waals surface area contributed by atoms with Crippen LogP contribution in [0.15, 0.2) is 52.7 Å². The number of nitrogens with zero attached hydrogens (tertiary/aromatic N) is 2. The van der Waals surface area contributed by atoms with Crippen LogP contribution in [-0.4, -0.2) is 18.2 Å². The van der Waals surface area contributed by atoms with Crippen LogP contribution in [0, 0.1) is 0 Å². The van der Waals surface area contributed by atoms with Gasteiger partial charge in [-0.1, -0.05) is 6.07 Å². The molecule has 5 nitrogen and oxygen atoms in total. The summed E-state index contributed by atoms with van der Waals surface area (Å²) in [4.78, 5) is 0.722. The summed E-state index contributed by atoms with van der Waals surface area (Å²) in [5, 5.41) is 10.8. The first-order valence-electron chi connectivity index (χ1n) is 6.41. The standard InChI is InChI=1S/C14H11F2N3O2S2/c15-14(16)11-8-12(13-2-1-7-22-13)19(18-11)9-3-5-10(6-4-9)23(17,20)21/h1-8,14H,(H2,17,20,21). The van der Waals surface area contributed by atoms with Crippen molar-refractivity contribution in [1.29, 1.82) is 0 Å². The summed E-state index contributed by atoms with van der Waals surface area (Å²) in [7, 11) is -3.81. The summed E-state index contributed by atoms with van der Waals surface area (Å²) in [5.74, 6) is 0. The second-order valence-electron chi connectivity index (χ2n) is 4.68. The first-order chi connectivity index (χ1) is 10.9. The van der Waals surface area contributed by atoms with E-state index in [0.29, 0.717) is 11.4 Å². The lowest BCUT2D eigenvalue weighted by molar-refractivity contribution is 0.145. The number of aromatic nitrogens is 2. The van der Waals surface area contributed by atoms with E-state index < -0.39 is 16.4 Å². The SMILES string of the molecule is NS(=O)(=O)c1ccc(-n2nc(C(F)F)cc2-c2cccs2)cc1. The third kappa shape index (κ3) is 3.16. The maximum Gasteiger partial charge on any atom is 0.282 e. The number of nitrogens with two attached hydrogens (primary N) is 1. The van der Waals surface area contributed by atoms with E-state index >= 15 is 0 Å². The van der Waals surface area contributed by atoms with Crippen molar-refractivity contribution >= 4 is 21.4 Å².